The standard InChI is InChI=1S/C5H12N2O.C2H6/c6-4-1-2-8-3-5(4)7;1-2/h4-5H,1-3,6-7H2;1-2H3. The zero-order valence-electron chi connectivity index (χ0n) is 6.84. The molecule has 3 nitrogen and oxygen atoms in total. The second kappa shape index (κ2) is 5.65. The first-order chi connectivity index (χ1) is 4.80. The van der Waals surface area contributed by atoms with Crippen LogP contribution in [0.4, 0.5) is 0 Å². The molecule has 0 aromatic heterocycles. The van der Waals surface area contributed by atoms with Crippen LogP contribution in [0.2, 0.25) is 0 Å². The average molecular weight is 146 g/mol. The van der Waals surface area contributed by atoms with Gasteiger partial charge in [-0.25, -0.2) is 0 Å². The molecule has 1 aliphatic rings. The molecule has 4 N–H and O–H groups in total. The Morgan fingerprint density at radius 2 is 1.80 bits per heavy atom. The van der Waals surface area contributed by atoms with Gasteiger partial charge in [-0.2, -0.15) is 0 Å². The summed E-state index contributed by atoms with van der Waals surface area (Å²) in [5.41, 5.74) is 11.1. The third kappa shape index (κ3) is 3.15. The van der Waals surface area contributed by atoms with E-state index in [0.717, 1.165) is 13.0 Å². The predicted molar refractivity (Wildman–Crippen MR) is 42.7 cm³/mol. The Bertz CT molecular complexity index is 68.0. The average Bonchev–Trinajstić information content (AvgIpc) is 2.00. The summed E-state index contributed by atoms with van der Waals surface area (Å²) >= 11 is 0. The summed E-state index contributed by atoms with van der Waals surface area (Å²) < 4.78 is 5.05. The lowest BCUT2D eigenvalue weighted by Crippen LogP contribution is -2.48. The van der Waals surface area contributed by atoms with E-state index in [-0.39, 0.29) is 12.1 Å². The molecule has 0 amide bonds. The van der Waals surface area contributed by atoms with Crippen LogP contribution in [-0.4, -0.2) is 25.3 Å². The van der Waals surface area contributed by atoms with E-state index in [2.05, 4.69) is 0 Å². The topological polar surface area (TPSA) is 61.3 Å². The van der Waals surface area contributed by atoms with Crippen LogP contribution in [0.3, 0.4) is 0 Å². The van der Waals surface area contributed by atoms with E-state index in [1.165, 1.54) is 0 Å². The molecule has 1 saturated heterocycles. The van der Waals surface area contributed by atoms with E-state index in [4.69, 9.17) is 16.2 Å². The fourth-order valence-corrected chi connectivity index (χ4v) is 0.777. The quantitative estimate of drug-likeness (QED) is 0.509. The van der Waals surface area contributed by atoms with Gasteiger partial charge in [-0.1, -0.05) is 13.8 Å². The molecule has 2 atom stereocenters. The molecule has 10 heavy (non-hydrogen) atoms. The maximum Gasteiger partial charge on any atom is 0.0632 e. The van der Waals surface area contributed by atoms with Gasteiger partial charge in [0.05, 0.1) is 6.61 Å². The van der Waals surface area contributed by atoms with Gasteiger partial charge in [0.1, 0.15) is 0 Å². The van der Waals surface area contributed by atoms with Crippen molar-refractivity contribution in [2.24, 2.45) is 11.5 Å². The van der Waals surface area contributed by atoms with Crippen LogP contribution in [0.25, 0.3) is 0 Å². The Morgan fingerprint density at radius 3 is 2.10 bits per heavy atom. The number of hydrogen-bond donors (Lipinski definition) is 2. The van der Waals surface area contributed by atoms with E-state index < -0.39 is 0 Å². The summed E-state index contributed by atoms with van der Waals surface area (Å²) in [6, 6.07) is 0.215. The highest BCUT2D eigenvalue weighted by molar-refractivity contribution is 4.78. The van der Waals surface area contributed by atoms with Gasteiger partial charge in [0, 0.05) is 18.7 Å². The number of hydrogen-bond acceptors (Lipinski definition) is 3. The predicted octanol–water partition coefficient (Wildman–Crippen LogP) is 0.0875. The molecule has 0 saturated carbocycles. The molecule has 0 aliphatic carbocycles. The van der Waals surface area contributed by atoms with Gasteiger partial charge < -0.3 is 16.2 Å². The molecule has 0 aromatic rings. The van der Waals surface area contributed by atoms with Gasteiger partial charge in [0.25, 0.3) is 0 Å². The fourth-order valence-electron chi connectivity index (χ4n) is 0.777. The van der Waals surface area contributed by atoms with Crippen LogP contribution in [0.15, 0.2) is 0 Å². The van der Waals surface area contributed by atoms with Gasteiger partial charge in [-0.05, 0) is 6.42 Å². The van der Waals surface area contributed by atoms with Gasteiger partial charge in [-0.3, -0.25) is 0 Å². The van der Waals surface area contributed by atoms with Crippen molar-refractivity contribution in [1.82, 2.24) is 0 Å². The van der Waals surface area contributed by atoms with Crippen molar-refractivity contribution in [3.05, 3.63) is 0 Å². The second-order valence-corrected chi connectivity index (χ2v) is 2.19. The minimum atomic E-state index is 0.0590. The molecule has 1 fully saturated rings. The number of ether oxygens (including phenoxy) is 1. The normalized spacial score (nSPS) is 32.4. The highest BCUT2D eigenvalue weighted by Crippen LogP contribution is 2.01. The highest BCUT2D eigenvalue weighted by atomic mass is 16.5. The SMILES string of the molecule is CC.NC1CCOCC1N. The van der Waals surface area contributed by atoms with Crippen LogP contribution in [0.1, 0.15) is 20.3 Å². The molecule has 3 heteroatoms. The maximum absolute atomic E-state index is 5.57. The maximum atomic E-state index is 5.57. The van der Waals surface area contributed by atoms with Gasteiger partial charge in [-0.15, -0.1) is 0 Å². The van der Waals surface area contributed by atoms with Crippen molar-refractivity contribution >= 4 is 0 Å². The smallest absolute Gasteiger partial charge is 0.0632 e. The van der Waals surface area contributed by atoms with Crippen LogP contribution in [0, 0.1) is 0 Å². The highest BCUT2D eigenvalue weighted by Gasteiger charge is 2.17. The lowest BCUT2D eigenvalue weighted by Gasteiger charge is -2.24. The van der Waals surface area contributed by atoms with Crippen LogP contribution < -0.4 is 11.5 Å². The monoisotopic (exact) mass is 146 g/mol. The molecule has 0 radical (unpaired) electrons. The van der Waals surface area contributed by atoms with Crippen molar-refractivity contribution in [2.45, 2.75) is 32.4 Å². The largest absolute Gasteiger partial charge is 0.380 e. The third-order valence-corrected chi connectivity index (χ3v) is 1.46. The first-order valence-electron chi connectivity index (χ1n) is 3.89. The number of rotatable bonds is 0. The first kappa shape index (κ1) is 9.88. The minimum Gasteiger partial charge on any atom is -0.380 e. The molecule has 1 aliphatic heterocycles. The summed E-state index contributed by atoms with van der Waals surface area (Å²) in [5, 5.41) is 0. The first-order valence-corrected chi connectivity index (χ1v) is 3.89. The van der Waals surface area contributed by atoms with Crippen LogP contribution >= 0.6 is 0 Å². The molecule has 62 valence electrons. The summed E-state index contributed by atoms with van der Waals surface area (Å²) in [6.45, 7) is 5.40. The van der Waals surface area contributed by atoms with Crippen molar-refractivity contribution < 1.29 is 4.74 Å². The molecule has 2 unspecified atom stereocenters. The van der Waals surface area contributed by atoms with E-state index in [1.807, 2.05) is 13.8 Å². The van der Waals surface area contributed by atoms with Crippen LogP contribution in [-0.2, 0) is 4.74 Å². The molecule has 0 bridgehead atoms. The van der Waals surface area contributed by atoms with E-state index in [9.17, 15) is 0 Å². The summed E-state index contributed by atoms with van der Waals surface area (Å²) in [4.78, 5) is 0. The molecule has 1 rings (SSSR count). The van der Waals surface area contributed by atoms with Gasteiger partial charge in [0.15, 0.2) is 0 Å². The Balaban J connectivity index is 0.000000371. The third-order valence-electron chi connectivity index (χ3n) is 1.46. The van der Waals surface area contributed by atoms with Crippen LogP contribution in [0.5, 0.6) is 0 Å². The Labute approximate surface area is 62.7 Å². The Kier molecular flexibility index (Phi) is 5.58. The van der Waals surface area contributed by atoms with E-state index >= 15 is 0 Å². The van der Waals surface area contributed by atoms with E-state index in [0.29, 0.717) is 6.61 Å². The van der Waals surface area contributed by atoms with Gasteiger partial charge in [0.2, 0.25) is 0 Å². The van der Waals surface area contributed by atoms with Crippen molar-refractivity contribution in [3.8, 4) is 0 Å². The second-order valence-electron chi connectivity index (χ2n) is 2.19. The lowest BCUT2D eigenvalue weighted by atomic mass is 10.1. The molecular formula is C7H18N2O. The van der Waals surface area contributed by atoms with Crippen molar-refractivity contribution in [1.29, 1.82) is 0 Å². The summed E-state index contributed by atoms with van der Waals surface area (Å²) in [7, 11) is 0. The Morgan fingerprint density at radius 1 is 1.20 bits per heavy atom. The summed E-state index contributed by atoms with van der Waals surface area (Å²) in [5.74, 6) is 0. The number of nitrogens with two attached hydrogens (primary N) is 2. The fraction of sp³-hybridized carbons (Fsp3) is 1.00. The van der Waals surface area contributed by atoms with E-state index in [1.54, 1.807) is 0 Å². The molecule has 0 spiro atoms. The minimum absolute atomic E-state index is 0.0590. The van der Waals surface area contributed by atoms with Crippen molar-refractivity contribution in [2.75, 3.05) is 13.2 Å². The Hall–Kier alpha value is -0.120. The van der Waals surface area contributed by atoms with Crippen molar-refractivity contribution in [3.63, 3.8) is 0 Å². The molecular weight excluding hydrogens is 128 g/mol. The molecule has 0 aromatic carbocycles. The zero-order chi connectivity index (χ0) is 7.98. The van der Waals surface area contributed by atoms with Gasteiger partial charge >= 0.3 is 0 Å². The molecule has 1 heterocycles. The zero-order valence-corrected chi connectivity index (χ0v) is 6.84. The summed E-state index contributed by atoms with van der Waals surface area (Å²) in [6.07, 6.45) is 0.904. The lowest BCUT2D eigenvalue weighted by molar-refractivity contribution is 0.0711.